The summed E-state index contributed by atoms with van der Waals surface area (Å²) in [5, 5.41) is 3.05. The highest BCUT2D eigenvalue weighted by Gasteiger charge is 2.21. The van der Waals surface area contributed by atoms with E-state index in [9.17, 15) is 13.2 Å². The van der Waals surface area contributed by atoms with Gasteiger partial charge in [0.25, 0.3) is 15.9 Å². The molecule has 0 radical (unpaired) electrons. The van der Waals surface area contributed by atoms with Crippen molar-refractivity contribution < 1.29 is 13.2 Å². The van der Waals surface area contributed by atoms with Gasteiger partial charge in [-0.15, -0.1) is 0 Å². The molecule has 0 unspecified atom stereocenters. The maximum atomic E-state index is 12.6. The highest BCUT2D eigenvalue weighted by atomic mass is 35.5. The second-order valence-electron chi connectivity index (χ2n) is 5.34. The third-order valence-corrected chi connectivity index (χ3v) is 5.50. The van der Waals surface area contributed by atoms with Gasteiger partial charge in [-0.1, -0.05) is 48.7 Å². The van der Waals surface area contributed by atoms with E-state index in [0.717, 1.165) is 12.8 Å². The Hall–Kier alpha value is -1.76. The first-order valence-corrected chi connectivity index (χ1v) is 9.94. The van der Waals surface area contributed by atoms with Crippen LogP contribution in [0.2, 0.25) is 10.0 Å². The maximum Gasteiger partial charge on any atom is 0.263 e. The van der Waals surface area contributed by atoms with Crippen molar-refractivity contribution in [2.24, 2.45) is 0 Å². The van der Waals surface area contributed by atoms with Gasteiger partial charge in [-0.2, -0.15) is 0 Å². The molecule has 5 nitrogen and oxygen atoms in total. The number of halogens is 2. The molecule has 0 fully saturated rings. The number of unbranched alkanes of at least 4 members (excludes halogenated alkanes) is 1. The number of carbonyl (C=O) groups is 1. The summed E-state index contributed by atoms with van der Waals surface area (Å²) in [6.07, 6.45) is 1.79. The van der Waals surface area contributed by atoms with Gasteiger partial charge < -0.3 is 5.32 Å². The summed E-state index contributed by atoms with van der Waals surface area (Å²) in [5.74, 6) is -0.344. The number of amides is 1. The van der Waals surface area contributed by atoms with E-state index in [4.69, 9.17) is 23.2 Å². The van der Waals surface area contributed by atoms with Gasteiger partial charge in [0.05, 0.1) is 16.3 Å². The van der Waals surface area contributed by atoms with Crippen LogP contribution in [0.15, 0.2) is 47.4 Å². The fourth-order valence-electron chi connectivity index (χ4n) is 2.13. The number of carbonyl (C=O) groups excluding carboxylic acids is 1. The number of hydrogen-bond acceptors (Lipinski definition) is 3. The zero-order chi connectivity index (χ0) is 18.4. The molecule has 0 heterocycles. The Kier molecular flexibility index (Phi) is 6.70. The lowest BCUT2D eigenvalue weighted by Crippen LogP contribution is -2.26. The molecular weight excluding hydrogens is 383 g/mol. The number of sulfonamides is 1. The molecule has 0 spiro atoms. The van der Waals surface area contributed by atoms with Crippen LogP contribution in [-0.2, 0) is 10.0 Å². The molecule has 0 atom stereocenters. The summed E-state index contributed by atoms with van der Waals surface area (Å²) < 4.78 is 27.7. The molecule has 1 amide bonds. The molecule has 134 valence electrons. The smallest absolute Gasteiger partial charge is 0.263 e. The predicted molar refractivity (Wildman–Crippen MR) is 101 cm³/mol. The largest absolute Gasteiger partial charge is 0.352 e. The average molecular weight is 401 g/mol. The molecule has 2 rings (SSSR count). The number of rotatable bonds is 7. The lowest BCUT2D eigenvalue weighted by molar-refractivity contribution is 0.0954. The van der Waals surface area contributed by atoms with E-state index in [1.165, 1.54) is 24.3 Å². The van der Waals surface area contributed by atoms with Gasteiger partial charge in [0.15, 0.2) is 0 Å². The second kappa shape index (κ2) is 8.56. The first-order valence-electron chi connectivity index (χ1n) is 7.70. The summed E-state index contributed by atoms with van der Waals surface area (Å²) in [4.78, 5) is 12.1. The Morgan fingerprint density at radius 2 is 1.84 bits per heavy atom. The molecular formula is C17H18Cl2N2O3S. The minimum absolute atomic E-state index is 0.0433. The quantitative estimate of drug-likeness (QED) is 0.679. The molecule has 0 aliphatic rings. The van der Waals surface area contributed by atoms with Crippen molar-refractivity contribution in [3.63, 3.8) is 0 Å². The molecule has 2 N–H and O–H groups in total. The second-order valence-corrected chi connectivity index (χ2v) is 7.83. The number of para-hydroxylation sites is 1. The summed E-state index contributed by atoms with van der Waals surface area (Å²) in [6, 6.07) is 10.5. The molecule has 0 aliphatic heterocycles. The van der Waals surface area contributed by atoms with Gasteiger partial charge in [-0.05, 0) is 36.8 Å². The fraction of sp³-hybridized carbons (Fsp3) is 0.235. The van der Waals surface area contributed by atoms with Gasteiger partial charge in [0.1, 0.15) is 4.90 Å². The van der Waals surface area contributed by atoms with Crippen LogP contribution in [0, 0.1) is 0 Å². The fourth-order valence-corrected chi connectivity index (χ4v) is 3.97. The van der Waals surface area contributed by atoms with Crippen LogP contribution in [0.4, 0.5) is 5.69 Å². The van der Waals surface area contributed by atoms with Crippen LogP contribution >= 0.6 is 23.2 Å². The van der Waals surface area contributed by atoms with E-state index >= 15 is 0 Å². The van der Waals surface area contributed by atoms with Crippen LogP contribution in [0.1, 0.15) is 30.1 Å². The van der Waals surface area contributed by atoms with Crippen molar-refractivity contribution in [2.75, 3.05) is 11.3 Å². The summed E-state index contributed by atoms with van der Waals surface area (Å²) in [6.45, 7) is 2.54. The number of benzene rings is 2. The monoisotopic (exact) mass is 400 g/mol. The van der Waals surface area contributed by atoms with E-state index in [0.29, 0.717) is 6.54 Å². The van der Waals surface area contributed by atoms with Gasteiger partial charge in [-0.25, -0.2) is 8.42 Å². The molecule has 0 saturated heterocycles. The average Bonchev–Trinajstić information content (AvgIpc) is 2.57. The van der Waals surface area contributed by atoms with E-state index < -0.39 is 10.0 Å². The first kappa shape index (κ1) is 19.6. The minimum Gasteiger partial charge on any atom is -0.352 e. The van der Waals surface area contributed by atoms with Crippen molar-refractivity contribution in [3.8, 4) is 0 Å². The topological polar surface area (TPSA) is 75.3 Å². The van der Waals surface area contributed by atoms with Crippen molar-refractivity contribution in [3.05, 3.63) is 58.1 Å². The Morgan fingerprint density at radius 3 is 2.56 bits per heavy atom. The zero-order valence-corrected chi connectivity index (χ0v) is 15.9. The Bertz CT molecular complexity index is 870. The van der Waals surface area contributed by atoms with Crippen molar-refractivity contribution in [1.29, 1.82) is 0 Å². The molecule has 2 aromatic rings. The van der Waals surface area contributed by atoms with Gasteiger partial charge >= 0.3 is 0 Å². The van der Waals surface area contributed by atoms with E-state index in [1.54, 1.807) is 18.2 Å². The van der Waals surface area contributed by atoms with Gasteiger partial charge in [0.2, 0.25) is 0 Å². The molecule has 25 heavy (non-hydrogen) atoms. The van der Waals surface area contributed by atoms with Crippen LogP contribution in [0.5, 0.6) is 0 Å². The standard InChI is InChI=1S/C17H18Cl2N2O3S/c1-2-3-10-20-17(22)13-6-4-5-7-15(13)21-25(23,24)16-11-12(18)8-9-14(16)19/h4-9,11,21H,2-3,10H2,1H3,(H,20,22). The van der Waals surface area contributed by atoms with Crippen molar-refractivity contribution >= 4 is 44.8 Å². The molecule has 0 aliphatic carbocycles. The zero-order valence-electron chi connectivity index (χ0n) is 13.6. The molecule has 0 aromatic heterocycles. The maximum absolute atomic E-state index is 12.6. The third-order valence-electron chi connectivity index (χ3n) is 3.41. The number of hydrogen-bond donors (Lipinski definition) is 2. The van der Waals surface area contributed by atoms with Crippen molar-refractivity contribution in [1.82, 2.24) is 5.32 Å². The van der Waals surface area contributed by atoms with Crippen LogP contribution in [0.25, 0.3) is 0 Å². The molecule has 8 heteroatoms. The predicted octanol–water partition coefficient (Wildman–Crippen LogP) is 4.32. The SMILES string of the molecule is CCCCNC(=O)c1ccccc1NS(=O)(=O)c1cc(Cl)ccc1Cl. The molecule has 0 bridgehead atoms. The summed E-state index contributed by atoms with van der Waals surface area (Å²) in [5.41, 5.74) is 0.410. The molecule has 2 aromatic carbocycles. The summed E-state index contributed by atoms with van der Waals surface area (Å²) in [7, 11) is -3.99. The highest BCUT2D eigenvalue weighted by Crippen LogP contribution is 2.27. The van der Waals surface area contributed by atoms with E-state index in [-0.39, 0.29) is 32.1 Å². The van der Waals surface area contributed by atoms with Crippen molar-refractivity contribution in [2.45, 2.75) is 24.7 Å². The lowest BCUT2D eigenvalue weighted by atomic mass is 10.1. The lowest BCUT2D eigenvalue weighted by Gasteiger charge is -2.13. The van der Waals surface area contributed by atoms with E-state index in [2.05, 4.69) is 10.0 Å². The van der Waals surface area contributed by atoms with Crippen LogP contribution < -0.4 is 10.0 Å². The first-order chi connectivity index (χ1) is 11.8. The number of anilines is 1. The normalized spacial score (nSPS) is 11.2. The minimum atomic E-state index is -3.99. The van der Waals surface area contributed by atoms with Crippen LogP contribution in [-0.4, -0.2) is 20.9 Å². The summed E-state index contributed by atoms with van der Waals surface area (Å²) >= 11 is 11.8. The third kappa shape index (κ3) is 5.11. The van der Waals surface area contributed by atoms with Gasteiger partial charge in [0, 0.05) is 11.6 Å². The van der Waals surface area contributed by atoms with Gasteiger partial charge in [-0.3, -0.25) is 9.52 Å². The molecule has 0 saturated carbocycles. The Balaban J connectivity index is 2.31. The Morgan fingerprint density at radius 1 is 1.12 bits per heavy atom. The number of nitrogens with one attached hydrogen (secondary N) is 2. The highest BCUT2D eigenvalue weighted by molar-refractivity contribution is 7.92. The van der Waals surface area contributed by atoms with Crippen LogP contribution in [0.3, 0.4) is 0 Å². The van der Waals surface area contributed by atoms with E-state index in [1.807, 2.05) is 6.92 Å². The Labute approximate surface area is 157 Å².